The Morgan fingerprint density at radius 2 is 1.91 bits per heavy atom. The molecule has 2 aromatic rings. The zero-order chi connectivity index (χ0) is 15.9. The van der Waals surface area contributed by atoms with Gasteiger partial charge in [0, 0.05) is 12.6 Å². The standard InChI is InChI=1S/C18H22BrNO2/c1-4-22-17-11-14(10-16(19)18(17)21-3)12-20-13(2)15-8-6-5-7-9-15/h5-11,13,20H,4,12H2,1-3H3. The molecule has 0 aromatic heterocycles. The number of nitrogens with one attached hydrogen (secondary N) is 1. The number of halogens is 1. The van der Waals surface area contributed by atoms with Crippen LogP contribution in [0.15, 0.2) is 46.9 Å². The van der Waals surface area contributed by atoms with Crippen molar-refractivity contribution in [3.05, 3.63) is 58.1 Å². The van der Waals surface area contributed by atoms with Gasteiger partial charge < -0.3 is 14.8 Å². The predicted octanol–water partition coefficient (Wildman–Crippen LogP) is 4.71. The van der Waals surface area contributed by atoms with E-state index in [0.29, 0.717) is 6.61 Å². The van der Waals surface area contributed by atoms with Gasteiger partial charge in [-0.3, -0.25) is 0 Å². The lowest BCUT2D eigenvalue weighted by atomic mass is 10.1. The Balaban J connectivity index is 2.09. The summed E-state index contributed by atoms with van der Waals surface area (Å²) in [5.74, 6) is 1.50. The smallest absolute Gasteiger partial charge is 0.174 e. The van der Waals surface area contributed by atoms with Crippen molar-refractivity contribution in [1.29, 1.82) is 0 Å². The molecule has 0 saturated carbocycles. The molecule has 4 heteroatoms. The Morgan fingerprint density at radius 1 is 1.18 bits per heavy atom. The van der Waals surface area contributed by atoms with E-state index in [1.165, 1.54) is 5.56 Å². The molecule has 0 spiro atoms. The van der Waals surface area contributed by atoms with Crippen molar-refractivity contribution < 1.29 is 9.47 Å². The molecular weight excluding hydrogens is 342 g/mol. The fourth-order valence-electron chi connectivity index (χ4n) is 2.31. The highest BCUT2D eigenvalue weighted by atomic mass is 79.9. The summed E-state index contributed by atoms with van der Waals surface area (Å²) in [5.41, 5.74) is 2.43. The summed E-state index contributed by atoms with van der Waals surface area (Å²) in [5, 5.41) is 3.53. The van der Waals surface area contributed by atoms with Crippen molar-refractivity contribution in [1.82, 2.24) is 5.32 Å². The average molecular weight is 364 g/mol. The number of rotatable bonds is 7. The van der Waals surface area contributed by atoms with Crippen LogP contribution in [0.3, 0.4) is 0 Å². The molecule has 118 valence electrons. The van der Waals surface area contributed by atoms with Gasteiger partial charge in [0.2, 0.25) is 0 Å². The minimum Gasteiger partial charge on any atom is -0.492 e. The molecule has 0 amide bonds. The summed E-state index contributed by atoms with van der Waals surface area (Å²) in [6.45, 7) is 5.51. The molecule has 2 rings (SSSR count). The van der Waals surface area contributed by atoms with E-state index >= 15 is 0 Å². The Kier molecular flexibility index (Phi) is 6.28. The molecule has 1 unspecified atom stereocenters. The van der Waals surface area contributed by atoms with Crippen molar-refractivity contribution in [2.24, 2.45) is 0 Å². The Bertz CT molecular complexity index is 602. The van der Waals surface area contributed by atoms with Crippen molar-refractivity contribution >= 4 is 15.9 Å². The molecule has 0 saturated heterocycles. The first kappa shape index (κ1) is 16.8. The zero-order valence-corrected chi connectivity index (χ0v) is 14.8. The summed E-state index contributed by atoms with van der Waals surface area (Å²) in [6.07, 6.45) is 0. The fraction of sp³-hybridized carbons (Fsp3) is 0.333. The summed E-state index contributed by atoms with van der Waals surface area (Å²) in [6, 6.07) is 14.8. The van der Waals surface area contributed by atoms with E-state index in [-0.39, 0.29) is 6.04 Å². The molecular formula is C18H22BrNO2. The summed E-state index contributed by atoms with van der Waals surface area (Å²) < 4.78 is 12.0. The van der Waals surface area contributed by atoms with E-state index in [2.05, 4.69) is 58.5 Å². The monoisotopic (exact) mass is 363 g/mol. The van der Waals surface area contributed by atoms with E-state index in [4.69, 9.17) is 9.47 Å². The van der Waals surface area contributed by atoms with E-state index in [1.54, 1.807) is 7.11 Å². The third-order valence-corrected chi connectivity index (χ3v) is 4.07. The van der Waals surface area contributed by atoms with Gasteiger partial charge in [0.25, 0.3) is 0 Å². The van der Waals surface area contributed by atoms with Gasteiger partial charge in [-0.1, -0.05) is 30.3 Å². The Labute approximate surface area is 140 Å². The molecule has 0 aliphatic carbocycles. The van der Waals surface area contributed by atoms with Crippen LogP contribution in [-0.2, 0) is 6.54 Å². The Morgan fingerprint density at radius 3 is 2.55 bits per heavy atom. The maximum atomic E-state index is 5.66. The van der Waals surface area contributed by atoms with Crippen LogP contribution >= 0.6 is 15.9 Å². The van der Waals surface area contributed by atoms with Gasteiger partial charge in [-0.25, -0.2) is 0 Å². The maximum Gasteiger partial charge on any atom is 0.174 e. The summed E-state index contributed by atoms with van der Waals surface area (Å²) in [7, 11) is 1.65. The third kappa shape index (κ3) is 4.24. The summed E-state index contributed by atoms with van der Waals surface area (Å²) in [4.78, 5) is 0. The van der Waals surface area contributed by atoms with Gasteiger partial charge in [-0.2, -0.15) is 0 Å². The fourth-order valence-corrected chi connectivity index (χ4v) is 2.97. The van der Waals surface area contributed by atoms with Gasteiger partial charge in [0.05, 0.1) is 18.2 Å². The highest BCUT2D eigenvalue weighted by molar-refractivity contribution is 9.10. The van der Waals surface area contributed by atoms with Crippen molar-refractivity contribution in [2.75, 3.05) is 13.7 Å². The first-order chi connectivity index (χ1) is 10.7. The SMILES string of the molecule is CCOc1cc(CNC(C)c2ccccc2)cc(Br)c1OC. The lowest BCUT2D eigenvalue weighted by Crippen LogP contribution is -2.18. The van der Waals surface area contributed by atoms with Crippen LogP contribution in [0.2, 0.25) is 0 Å². The zero-order valence-electron chi connectivity index (χ0n) is 13.2. The molecule has 2 aromatic carbocycles. The molecule has 0 heterocycles. The van der Waals surface area contributed by atoms with Gasteiger partial charge in [-0.15, -0.1) is 0 Å². The van der Waals surface area contributed by atoms with E-state index in [0.717, 1.165) is 28.1 Å². The molecule has 1 atom stereocenters. The molecule has 0 radical (unpaired) electrons. The predicted molar refractivity (Wildman–Crippen MR) is 93.6 cm³/mol. The quantitative estimate of drug-likeness (QED) is 0.772. The molecule has 22 heavy (non-hydrogen) atoms. The second-order valence-corrected chi connectivity index (χ2v) is 5.91. The molecule has 0 aliphatic rings. The third-order valence-electron chi connectivity index (χ3n) is 3.49. The van der Waals surface area contributed by atoms with Crippen molar-refractivity contribution in [3.63, 3.8) is 0 Å². The first-order valence-corrected chi connectivity index (χ1v) is 8.22. The molecule has 0 bridgehead atoms. The largest absolute Gasteiger partial charge is 0.492 e. The van der Waals surface area contributed by atoms with Crippen LogP contribution in [0.5, 0.6) is 11.5 Å². The van der Waals surface area contributed by atoms with E-state index in [9.17, 15) is 0 Å². The second-order valence-electron chi connectivity index (χ2n) is 5.06. The normalized spacial score (nSPS) is 12.0. The van der Waals surface area contributed by atoms with Crippen LogP contribution in [0, 0.1) is 0 Å². The molecule has 1 N–H and O–H groups in total. The second kappa shape index (κ2) is 8.20. The van der Waals surface area contributed by atoms with E-state index < -0.39 is 0 Å². The van der Waals surface area contributed by atoms with Crippen molar-refractivity contribution in [3.8, 4) is 11.5 Å². The topological polar surface area (TPSA) is 30.5 Å². The highest BCUT2D eigenvalue weighted by Crippen LogP contribution is 2.36. The maximum absolute atomic E-state index is 5.66. The lowest BCUT2D eigenvalue weighted by molar-refractivity contribution is 0.309. The summed E-state index contributed by atoms with van der Waals surface area (Å²) >= 11 is 3.55. The van der Waals surface area contributed by atoms with E-state index in [1.807, 2.05) is 19.1 Å². The van der Waals surface area contributed by atoms with Gasteiger partial charge in [-0.05, 0) is 53.0 Å². The number of benzene rings is 2. The highest BCUT2D eigenvalue weighted by Gasteiger charge is 2.12. The number of ether oxygens (including phenoxy) is 2. The average Bonchev–Trinajstić information content (AvgIpc) is 2.53. The Hall–Kier alpha value is -1.52. The lowest BCUT2D eigenvalue weighted by Gasteiger charge is -2.16. The first-order valence-electron chi connectivity index (χ1n) is 7.43. The number of hydrogen-bond donors (Lipinski definition) is 1. The van der Waals surface area contributed by atoms with Crippen LogP contribution in [0.4, 0.5) is 0 Å². The van der Waals surface area contributed by atoms with Gasteiger partial charge in [0.15, 0.2) is 11.5 Å². The molecule has 0 aliphatic heterocycles. The molecule has 3 nitrogen and oxygen atoms in total. The minimum atomic E-state index is 0.289. The van der Waals surface area contributed by atoms with Crippen molar-refractivity contribution in [2.45, 2.75) is 26.4 Å². The van der Waals surface area contributed by atoms with Gasteiger partial charge in [0.1, 0.15) is 0 Å². The minimum absolute atomic E-state index is 0.289. The number of methoxy groups -OCH3 is 1. The molecule has 0 fully saturated rings. The van der Waals surface area contributed by atoms with Gasteiger partial charge >= 0.3 is 0 Å². The van der Waals surface area contributed by atoms with Crippen LogP contribution < -0.4 is 14.8 Å². The number of hydrogen-bond acceptors (Lipinski definition) is 3. The van der Waals surface area contributed by atoms with Crippen LogP contribution in [0.25, 0.3) is 0 Å². The van der Waals surface area contributed by atoms with Crippen LogP contribution in [0.1, 0.15) is 31.0 Å². The van der Waals surface area contributed by atoms with Crippen LogP contribution in [-0.4, -0.2) is 13.7 Å².